The number of hydrogen-bond acceptors (Lipinski definition) is 6. The summed E-state index contributed by atoms with van der Waals surface area (Å²) >= 11 is 4.06. The molecule has 0 aromatic rings. The number of hydrogen-bond donors (Lipinski definition) is 6. The molecule has 0 saturated heterocycles. The van der Waals surface area contributed by atoms with E-state index in [1.165, 1.54) is 6.92 Å². The quantitative estimate of drug-likeness (QED) is 0.266. The van der Waals surface area contributed by atoms with Gasteiger partial charge in [0.05, 0.1) is 6.04 Å². The van der Waals surface area contributed by atoms with Gasteiger partial charge in [-0.3, -0.25) is 19.2 Å². The van der Waals surface area contributed by atoms with Crippen LogP contribution >= 0.6 is 12.6 Å². The minimum atomic E-state index is -1.18. The molecular formula is C16H30N4O5S. The van der Waals surface area contributed by atoms with Gasteiger partial charge in [-0.15, -0.1) is 0 Å². The maximum Gasteiger partial charge on any atom is 0.325 e. The fourth-order valence-electron chi connectivity index (χ4n) is 1.92. The molecule has 9 nitrogen and oxygen atoms in total. The van der Waals surface area contributed by atoms with E-state index in [2.05, 4.69) is 28.6 Å². The first-order valence-electron chi connectivity index (χ1n) is 8.42. The van der Waals surface area contributed by atoms with E-state index >= 15 is 0 Å². The van der Waals surface area contributed by atoms with Gasteiger partial charge >= 0.3 is 5.97 Å². The van der Waals surface area contributed by atoms with Crippen LogP contribution < -0.4 is 21.7 Å². The van der Waals surface area contributed by atoms with Crippen molar-refractivity contribution >= 4 is 36.3 Å². The van der Waals surface area contributed by atoms with E-state index in [4.69, 9.17) is 10.8 Å². The van der Waals surface area contributed by atoms with Crippen LogP contribution in [0.4, 0.5) is 0 Å². The van der Waals surface area contributed by atoms with Crippen LogP contribution in [0.2, 0.25) is 0 Å². The lowest BCUT2D eigenvalue weighted by molar-refractivity contribution is -0.142. The average molecular weight is 391 g/mol. The molecule has 6 N–H and O–H groups in total. The summed E-state index contributed by atoms with van der Waals surface area (Å²) in [4.78, 5) is 47.6. The van der Waals surface area contributed by atoms with Gasteiger partial charge in [0.2, 0.25) is 17.7 Å². The van der Waals surface area contributed by atoms with Crippen LogP contribution in [0.3, 0.4) is 0 Å². The molecule has 0 aromatic heterocycles. The van der Waals surface area contributed by atoms with Gasteiger partial charge in [0.25, 0.3) is 0 Å². The minimum absolute atomic E-state index is 0.0142. The van der Waals surface area contributed by atoms with E-state index in [0.29, 0.717) is 0 Å². The Hall–Kier alpha value is -1.81. The molecule has 0 aromatic carbocycles. The highest BCUT2D eigenvalue weighted by atomic mass is 32.1. The Kier molecular flexibility index (Phi) is 10.3. The summed E-state index contributed by atoms with van der Waals surface area (Å²) in [7, 11) is 0. The van der Waals surface area contributed by atoms with E-state index in [9.17, 15) is 19.2 Å². The largest absolute Gasteiger partial charge is 0.480 e. The fraction of sp³-hybridized carbons (Fsp3) is 0.750. The van der Waals surface area contributed by atoms with Gasteiger partial charge in [0.1, 0.15) is 18.1 Å². The molecule has 4 unspecified atom stereocenters. The summed E-state index contributed by atoms with van der Waals surface area (Å²) in [5.74, 6) is -3.28. The van der Waals surface area contributed by atoms with Gasteiger partial charge in [-0.05, 0) is 18.8 Å². The number of carbonyl (C=O) groups is 4. The highest BCUT2D eigenvalue weighted by Gasteiger charge is 2.30. The van der Waals surface area contributed by atoms with E-state index in [1.807, 2.05) is 0 Å². The number of carboxylic acid groups (broad SMARTS) is 1. The lowest BCUT2D eigenvalue weighted by Crippen LogP contribution is -2.59. The number of carboxylic acids is 1. The first-order chi connectivity index (χ1) is 11.9. The van der Waals surface area contributed by atoms with E-state index in [1.54, 1.807) is 27.7 Å². The maximum absolute atomic E-state index is 12.4. The topological polar surface area (TPSA) is 151 Å². The highest BCUT2D eigenvalue weighted by molar-refractivity contribution is 7.80. The number of carbonyl (C=O) groups excluding carboxylic acids is 3. The first kappa shape index (κ1) is 24.2. The van der Waals surface area contributed by atoms with Crippen LogP contribution in [-0.4, -0.2) is 58.7 Å². The Labute approximate surface area is 159 Å². The number of nitrogens with two attached hydrogens (primary N) is 1. The zero-order valence-electron chi connectivity index (χ0n) is 15.8. The van der Waals surface area contributed by atoms with Crippen molar-refractivity contribution in [3.63, 3.8) is 0 Å². The SMILES string of the molecule is CC(NC(=O)C(NC(=O)C(CS)NC(=O)C(N)C(C)C)C(C)C)C(=O)O. The van der Waals surface area contributed by atoms with Crippen molar-refractivity contribution in [2.45, 2.75) is 58.8 Å². The van der Waals surface area contributed by atoms with Crippen molar-refractivity contribution in [3.05, 3.63) is 0 Å². The third kappa shape index (κ3) is 7.61. The first-order valence-corrected chi connectivity index (χ1v) is 9.05. The van der Waals surface area contributed by atoms with Crippen molar-refractivity contribution in [1.29, 1.82) is 0 Å². The van der Waals surface area contributed by atoms with Crippen LogP contribution in [-0.2, 0) is 19.2 Å². The Bertz CT molecular complexity index is 527. The summed E-state index contributed by atoms with van der Waals surface area (Å²) in [6.45, 7) is 8.30. The zero-order valence-corrected chi connectivity index (χ0v) is 16.7. The Morgan fingerprint density at radius 2 is 1.42 bits per heavy atom. The van der Waals surface area contributed by atoms with Crippen molar-refractivity contribution in [2.24, 2.45) is 17.6 Å². The van der Waals surface area contributed by atoms with Crippen LogP contribution in [0.15, 0.2) is 0 Å². The summed E-state index contributed by atoms with van der Waals surface area (Å²) in [6.07, 6.45) is 0. The Morgan fingerprint density at radius 3 is 1.81 bits per heavy atom. The molecule has 150 valence electrons. The van der Waals surface area contributed by atoms with E-state index < -0.39 is 47.9 Å². The number of nitrogens with one attached hydrogen (secondary N) is 3. The number of rotatable bonds is 10. The predicted octanol–water partition coefficient (Wildman–Crippen LogP) is -0.886. The van der Waals surface area contributed by atoms with Crippen LogP contribution in [0.25, 0.3) is 0 Å². The highest BCUT2D eigenvalue weighted by Crippen LogP contribution is 2.05. The van der Waals surface area contributed by atoms with Crippen LogP contribution in [0, 0.1) is 11.8 Å². The summed E-state index contributed by atoms with van der Waals surface area (Å²) in [6, 6.07) is -3.79. The summed E-state index contributed by atoms with van der Waals surface area (Å²) in [5, 5.41) is 16.2. The smallest absolute Gasteiger partial charge is 0.325 e. The molecule has 0 spiro atoms. The summed E-state index contributed by atoms with van der Waals surface area (Å²) < 4.78 is 0. The Balaban J connectivity index is 5.03. The van der Waals surface area contributed by atoms with Crippen molar-refractivity contribution in [1.82, 2.24) is 16.0 Å². The third-order valence-corrected chi connectivity index (χ3v) is 4.18. The van der Waals surface area contributed by atoms with Crippen molar-refractivity contribution in [3.8, 4) is 0 Å². The Morgan fingerprint density at radius 1 is 0.885 bits per heavy atom. The molecule has 0 heterocycles. The second-order valence-electron chi connectivity index (χ2n) is 6.81. The molecule has 4 atom stereocenters. The molecule has 26 heavy (non-hydrogen) atoms. The molecule has 0 bridgehead atoms. The van der Waals surface area contributed by atoms with E-state index in [0.717, 1.165) is 0 Å². The van der Waals surface area contributed by atoms with Gasteiger partial charge in [-0.2, -0.15) is 12.6 Å². The van der Waals surface area contributed by atoms with Gasteiger partial charge in [0, 0.05) is 5.75 Å². The van der Waals surface area contributed by atoms with Gasteiger partial charge in [-0.25, -0.2) is 0 Å². The molecule has 10 heteroatoms. The second kappa shape index (κ2) is 11.0. The zero-order chi connectivity index (χ0) is 20.6. The molecule has 0 aliphatic rings. The van der Waals surface area contributed by atoms with Crippen LogP contribution in [0.5, 0.6) is 0 Å². The molecule has 0 aliphatic heterocycles. The lowest BCUT2D eigenvalue weighted by Gasteiger charge is -2.26. The third-order valence-electron chi connectivity index (χ3n) is 3.81. The predicted molar refractivity (Wildman–Crippen MR) is 101 cm³/mol. The molecule has 0 saturated carbocycles. The number of amides is 3. The van der Waals surface area contributed by atoms with Crippen molar-refractivity contribution in [2.75, 3.05) is 5.75 Å². The maximum atomic E-state index is 12.4. The number of thiol groups is 1. The standard InChI is InChI=1S/C16H30N4O5S/c1-7(2)11(17)14(22)19-10(6-26)13(21)20-12(8(3)4)15(23)18-9(5)16(24)25/h7-12,26H,6,17H2,1-5H3,(H,18,23)(H,19,22)(H,20,21)(H,24,25). The van der Waals surface area contributed by atoms with Gasteiger partial charge in [0.15, 0.2) is 0 Å². The molecule has 0 radical (unpaired) electrons. The average Bonchev–Trinajstić information content (AvgIpc) is 2.55. The molecule has 0 aliphatic carbocycles. The van der Waals surface area contributed by atoms with E-state index in [-0.39, 0.29) is 17.6 Å². The fourth-order valence-corrected chi connectivity index (χ4v) is 2.18. The second-order valence-corrected chi connectivity index (χ2v) is 7.18. The minimum Gasteiger partial charge on any atom is -0.480 e. The van der Waals surface area contributed by atoms with Gasteiger partial charge < -0.3 is 26.8 Å². The molecular weight excluding hydrogens is 360 g/mol. The van der Waals surface area contributed by atoms with Crippen molar-refractivity contribution < 1.29 is 24.3 Å². The molecule has 3 amide bonds. The summed E-state index contributed by atoms with van der Waals surface area (Å²) in [5.41, 5.74) is 5.76. The molecule has 0 fully saturated rings. The normalized spacial score (nSPS) is 15.7. The lowest BCUT2D eigenvalue weighted by atomic mass is 10.0. The molecule has 0 rings (SSSR count). The monoisotopic (exact) mass is 390 g/mol. The van der Waals surface area contributed by atoms with Gasteiger partial charge in [-0.1, -0.05) is 27.7 Å². The van der Waals surface area contributed by atoms with Crippen LogP contribution in [0.1, 0.15) is 34.6 Å². The number of aliphatic carboxylic acids is 1.